The fraction of sp³-hybridized carbons (Fsp3) is 0.182. The molecule has 1 aliphatic heterocycles. The van der Waals surface area contributed by atoms with Crippen LogP contribution in [0.5, 0.6) is 0 Å². The molecule has 0 saturated heterocycles. The highest BCUT2D eigenvalue weighted by atomic mass is 19.1. The monoisotopic (exact) mass is 221 g/mol. The number of aryl methyl sites for hydroxylation is 1. The predicted octanol–water partition coefficient (Wildman–Crippen LogP) is 1.73. The van der Waals surface area contributed by atoms with Crippen molar-refractivity contribution in [1.29, 1.82) is 0 Å². The number of hydrogen-bond donors (Lipinski definition) is 1. The predicted molar refractivity (Wildman–Crippen MR) is 54.7 cm³/mol. The first-order valence-electron chi connectivity index (χ1n) is 4.62. The minimum absolute atomic E-state index is 0.0346. The second kappa shape index (κ2) is 3.52. The quantitative estimate of drug-likeness (QED) is 0.734. The van der Waals surface area contributed by atoms with Gasteiger partial charge in [0, 0.05) is 11.8 Å². The molecular formula is C11H8FNO3. The van der Waals surface area contributed by atoms with E-state index in [9.17, 15) is 14.0 Å². The molecule has 1 aliphatic rings. The van der Waals surface area contributed by atoms with Crippen LogP contribution in [-0.2, 0) is 4.79 Å². The molecule has 0 fully saturated rings. The van der Waals surface area contributed by atoms with Crippen molar-refractivity contribution >= 4 is 23.7 Å². The molecule has 1 aromatic carbocycles. The lowest BCUT2D eigenvalue weighted by atomic mass is 9.93. The maximum Gasteiger partial charge on any atom is 0.319 e. The van der Waals surface area contributed by atoms with Gasteiger partial charge in [-0.15, -0.1) is 0 Å². The number of benzene rings is 1. The molecule has 0 bridgehead atoms. The van der Waals surface area contributed by atoms with Gasteiger partial charge in [-0.05, 0) is 24.6 Å². The van der Waals surface area contributed by atoms with Gasteiger partial charge in [-0.1, -0.05) is 0 Å². The number of carboxylic acid groups (broad SMARTS) is 1. The lowest BCUT2D eigenvalue weighted by Gasteiger charge is -2.15. The van der Waals surface area contributed by atoms with Gasteiger partial charge >= 0.3 is 5.97 Å². The molecule has 0 aliphatic carbocycles. The van der Waals surface area contributed by atoms with Crippen LogP contribution in [0, 0.1) is 18.7 Å². The number of carboxylic acids is 1. The van der Waals surface area contributed by atoms with E-state index in [4.69, 9.17) is 5.11 Å². The molecule has 5 heteroatoms. The molecule has 0 amide bonds. The Morgan fingerprint density at radius 2 is 2.19 bits per heavy atom. The molecular weight excluding hydrogens is 213 g/mol. The summed E-state index contributed by atoms with van der Waals surface area (Å²) in [6.45, 7) is 1.62. The van der Waals surface area contributed by atoms with Crippen molar-refractivity contribution in [3.05, 3.63) is 29.1 Å². The first-order chi connectivity index (χ1) is 7.50. The minimum Gasteiger partial charge on any atom is -0.480 e. The van der Waals surface area contributed by atoms with Crippen LogP contribution < -0.4 is 0 Å². The Morgan fingerprint density at radius 1 is 1.50 bits per heavy atom. The summed E-state index contributed by atoms with van der Waals surface area (Å²) in [5.74, 6) is -3.78. The molecule has 1 atom stereocenters. The highest BCUT2D eigenvalue weighted by molar-refractivity contribution is 6.22. The molecule has 0 radical (unpaired) electrons. The van der Waals surface area contributed by atoms with E-state index in [-0.39, 0.29) is 5.56 Å². The number of nitrogens with zero attached hydrogens (tertiary/aromatic N) is 1. The summed E-state index contributed by atoms with van der Waals surface area (Å²) >= 11 is 0. The normalized spacial score (nSPS) is 18.4. The Hall–Kier alpha value is -2.04. The number of fused-ring (bicyclic) bond motifs is 1. The van der Waals surface area contributed by atoms with Crippen molar-refractivity contribution in [2.45, 2.75) is 6.92 Å². The SMILES string of the molecule is Cc1cc(F)cc2c1N=CC(C(=O)O)C2=O. The third kappa shape index (κ3) is 1.50. The average molecular weight is 221 g/mol. The van der Waals surface area contributed by atoms with Crippen LogP contribution in [0.2, 0.25) is 0 Å². The molecule has 1 N–H and O–H groups in total. The van der Waals surface area contributed by atoms with Crippen molar-refractivity contribution < 1.29 is 19.1 Å². The molecule has 0 aromatic heterocycles. The van der Waals surface area contributed by atoms with Gasteiger partial charge in [-0.3, -0.25) is 14.6 Å². The van der Waals surface area contributed by atoms with Crippen LogP contribution >= 0.6 is 0 Å². The Kier molecular flexibility index (Phi) is 2.30. The van der Waals surface area contributed by atoms with Crippen molar-refractivity contribution in [3.63, 3.8) is 0 Å². The van der Waals surface area contributed by atoms with Crippen LogP contribution in [0.1, 0.15) is 15.9 Å². The molecule has 82 valence electrons. The third-order valence-corrected chi connectivity index (χ3v) is 2.43. The smallest absolute Gasteiger partial charge is 0.319 e. The van der Waals surface area contributed by atoms with E-state index in [0.717, 1.165) is 12.3 Å². The highest BCUT2D eigenvalue weighted by Crippen LogP contribution is 2.30. The van der Waals surface area contributed by atoms with Gasteiger partial charge in [0.1, 0.15) is 5.82 Å². The van der Waals surface area contributed by atoms with E-state index in [1.165, 1.54) is 6.07 Å². The molecule has 16 heavy (non-hydrogen) atoms. The number of hydrogen-bond acceptors (Lipinski definition) is 3. The fourth-order valence-electron chi connectivity index (χ4n) is 1.65. The Morgan fingerprint density at radius 3 is 2.81 bits per heavy atom. The first-order valence-corrected chi connectivity index (χ1v) is 4.62. The van der Waals surface area contributed by atoms with Gasteiger partial charge in [-0.2, -0.15) is 0 Å². The van der Waals surface area contributed by atoms with E-state index in [1.54, 1.807) is 6.92 Å². The van der Waals surface area contributed by atoms with Gasteiger partial charge < -0.3 is 5.11 Å². The average Bonchev–Trinajstić information content (AvgIpc) is 2.19. The van der Waals surface area contributed by atoms with E-state index in [1.807, 2.05) is 0 Å². The van der Waals surface area contributed by atoms with Gasteiger partial charge in [0.25, 0.3) is 0 Å². The largest absolute Gasteiger partial charge is 0.480 e. The molecule has 0 saturated carbocycles. The first kappa shape index (κ1) is 10.5. The number of carbonyl (C=O) groups excluding carboxylic acids is 1. The van der Waals surface area contributed by atoms with E-state index >= 15 is 0 Å². The van der Waals surface area contributed by atoms with E-state index in [0.29, 0.717) is 11.3 Å². The highest BCUT2D eigenvalue weighted by Gasteiger charge is 2.31. The summed E-state index contributed by atoms with van der Waals surface area (Å²) in [6, 6.07) is 2.28. The number of rotatable bonds is 1. The topological polar surface area (TPSA) is 66.7 Å². The second-order valence-corrected chi connectivity index (χ2v) is 3.58. The summed E-state index contributed by atoms with van der Waals surface area (Å²) in [5.41, 5.74) is 0.903. The summed E-state index contributed by atoms with van der Waals surface area (Å²) < 4.78 is 13.1. The van der Waals surface area contributed by atoms with Crippen LogP contribution in [0.3, 0.4) is 0 Å². The Labute approximate surface area is 90.4 Å². The van der Waals surface area contributed by atoms with Crippen molar-refractivity contribution in [1.82, 2.24) is 0 Å². The van der Waals surface area contributed by atoms with Gasteiger partial charge in [0.15, 0.2) is 11.7 Å². The lowest BCUT2D eigenvalue weighted by Crippen LogP contribution is -2.27. The summed E-state index contributed by atoms with van der Waals surface area (Å²) in [4.78, 5) is 26.4. The second-order valence-electron chi connectivity index (χ2n) is 3.58. The van der Waals surface area contributed by atoms with Gasteiger partial charge in [0.2, 0.25) is 0 Å². The third-order valence-electron chi connectivity index (χ3n) is 2.43. The van der Waals surface area contributed by atoms with E-state index < -0.39 is 23.5 Å². The molecule has 0 spiro atoms. The number of ketones is 1. The van der Waals surface area contributed by atoms with Crippen molar-refractivity contribution in [2.75, 3.05) is 0 Å². The standard InChI is InChI=1S/C11H8FNO3/c1-5-2-6(12)3-7-9(5)13-4-8(10(7)14)11(15)16/h2-4,8H,1H3,(H,15,16). The Bertz CT molecular complexity index is 522. The van der Waals surface area contributed by atoms with Crippen molar-refractivity contribution in [2.24, 2.45) is 10.9 Å². The summed E-state index contributed by atoms with van der Waals surface area (Å²) in [5, 5.41) is 8.77. The fourth-order valence-corrected chi connectivity index (χ4v) is 1.65. The zero-order chi connectivity index (χ0) is 11.9. The Balaban J connectivity index is 2.60. The summed E-state index contributed by atoms with van der Waals surface area (Å²) in [6.07, 6.45) is 1.08. The summed E-state index contributed by atoms with van der Waals surface area (Å²) in [7, 11) is 0. The van der Waals surface area contributed by atoms with Crippen LogP contribution in [-0.4, -0.2) is 23.1 Å². The van der Waals surface area contributed by atoms with Crippen LogP contribution in [0.15, 0.2) is 17.1 Å². The maximum absolute atomic E-state index is 13.1. The van der Waals surface area contributed by atoms with Crippen molar-refractivity contribution in [3.8, 4) is 0 Å². The van der Waals surface area contributed by atoms with Crippen LogP contribution in [0.4, 0.5) is 10.1 Å². The maximum atomic E-state index is 13.1. The number of aliphatic carboxylic acids is 1. The zero-order valence-corrected chi connectivity index (χ0v) is 8.40. The lowest BCUT2D eigenvalue weighted by molar-refractivity contribution is -0.137. The minimum atomic E-state index is -1.31. The molecule has 1 heterocycles. The molecule has 2 rings (SSSR count). The molecule has 1 unspecified atom stereocenters. The van der Waals surface area contributed by atoms with Gasteiger partial charge in [-0.25, -0.2) is 4.39 Å². The molecule has 1 aromatic rings. The number of carbonyl (C=O) groups is 2. The number of halogens is 1. The number of aliphatic imine (C=N–C) groups is 1. The zero-order valence-electron chi connectivity index (χ0n) is 8.40. The van der Waals surface area contributed by atoms with Crippen LogP contribution in [0.25, 0.3) is 0 Å². The number of Topliss-reactive ketones (excluding diaryl/α,β-unsaturated/α-hetero) is 1. The van der Waals surface area contributed by atoms with Gasteiger partial charge in [0.05, 0.1) is 5.69 Å². The van der Waals surface area contributed by atoms with E-state index in [2.05, 4.69) is 4.99 Å². The molecule has 4 nitrogen and oxygen atoms in total.